The maximum absolute atomic E-state index is 14.2. The number of anilines is 2. The molecule has 326 valence electrons. The molecule has 15 heteroatoms. The second-order valence-corrected chi connectivity index (χ2v) is 18.2. The average Bonchev–Trinajstić information content (AvgIpc) is 3.86. The molecule has 2 aromatic carbocycles. The standard InChI is InChI=1S/C46H61N9O5S/c1-29(32-17-19-33(20-18-32)42-31(3)48-28-61-42)49-30(2)37-25-34(56)27-55(37)45(60)43(46(4,5)6)50-40(58)15-9-7-8-10-16-41(59)54-23-21-53(22-24-54)38-26-36(51-52-44(38)47)35-13-11-12-14-39(35)57/h11-14,17-20,26,28-29,34,37,43,49,56-57H,2,7-10,15-16,21-25,27H2,1,3-6H3,(H2,47,52)(H,50,58)/t29-,34-,37-,43+/m0/s1. The summed E-state index contributed by atoms with van der Waals surface area (Å²) in [5, 5.41) is 35.8. The van der Waals surface area contributed by atoms with Crippen LogP contribution in [0.2, 0.25) is 0 Å². The average molecular weight is 852 g/mol. The first-order valence-corrected chi connectivity index (χ1v) is 22.2. The van der Waals surface area contributed by atoms with Gasteiger partial charge >= 0.3 is 0 Å². The number of aliphatic hydroxyl groups excluding tert-OH is 1. The Bertz CT molecular complexity index is 2160. The predicted molar refractivity (Wildman–Crippen MR) is 241 cm³/mol. The number of nitrogens with zero attached hydrogens (tertiary/aromatic N) is 6. The fraction of sp³-hybridized carbons (Fsp3) is 0.478. The van der Waals surface area contributed by atoms with E-state index in [1.54, 1.807) is 34.4 Å². The number of likely N-dealkylation sites (tertiary alicyclic amines) is 1. The molecule has 14 nitrogen and oxygen atoms in total. The van der Waals surface area contributed by atoms with Gasteiger partial charge in [-0.3, -0.25) is 14.4 Å². The van der Waals surface area contributed by atoms with Crippen LogP contribution in [0.25, 0.3) is 21.7 Å². The van der Waals surface area contributed by atoms with E-state index in [0.29, 0.717) is 68.2 Å². The molecule has 6 N–H and O–H groups in total. The van der Waals surface area contributed by atoms with E-state index in [9.17, 15) is 24.6 Å². The van der Waals surface area contributed by atoms with Gasteiger partial charge in [-0.2, -0.15) is 0 Å². The molecule has 61 heavy (non-hydrogen) atoms. The van der Waals surface area contributed by atoms with Crippen molar-refractivity contribution < 1.29 is 24.6 Å². The largest absolute Gasteiger partial charge is 0.507 e. The molecular formula is C46H61N9O5S. The minimum absolute atomic E-state index is 0.0881. The first-order chi connectivity index (χ1) is 29.1. The van der Waals surface area contributed by atoms with Crippen LogP contribution in [-0.4, -0.2) is 104 Å². The van der Waals surface area contributed by atoms with Crippen molar-refractivity contribution in [2.24, 2.45) is 5.41 Å². The van der Waals surface area contributed by atoms with E-state index in [0.717, 1.165) is 46.6 Å². The van der Waals surface area contributed by atoms with Crippen LogP contribution in [0.5, 0.6) is 5.75 Å². The zero-order chi connectivity index (χ0) is 43.8. The van der Waals surface area contributed by atoms with Gasteiger partial charge in [-0.25, -0.2) is 4.98 Å². The molecule has 0 saturated carbocycles. The first kappa shape index (κ1) is 45.0. The number of thiazole rings is 1. The summed E-state index contributed by atoms with van der Waals surface area (Å²) in [6.07, 6.45) is 3.33. The Morgan fingerprint density at radius 2 is 1.66 bits per heavy atom. The number of phenols is 1. The molecule has 6 rings (SSSR count). The fourth-order valence-corrected chi connectivity index (χ4v) is 8.94. The number of hydrogen-bond acceptors (Lipinski definition) is 12. The zero-order valence-corrected chi connectivity index (χ0v) is 36.9. The number of aromatic nitrogens is 3. The van der Waals surface area contributed by atoms with Crippen molar-refractivity contribution in [1.29, 1.82) is 0 Å². The summed E-state index contributed by atoms with van der Waals surface area (Å²) >= 11 is 1.62. The number of hydrogen-bond donors (Lipinski definition) is 5. The summed E-state index contributed by atoms with van der Waals surface area (Å²) in [6, 6.07) is 15.8. The van der Waals surface area contributed by atoms with Crippen LogP contribution in [-0.2, 0) is 14.4 Å². The van der Waals surface area contributed by atoms with E-state index >= 15 is 0 Å². The molecule has 4 aromatic rings. The van der Waals surface area contributed by atoms with Crippen LogP contribution in [0, 0.1) is 12.3 Å². The summed E-state index contributed by atoms with van der Waals surface area (Å²) < 4.78 is 0. The lowest BCUT2D eigenvalue weighted by molar-refractivity contribution is -0.140. The van der Waals surface area contributed by atoms with E-state index in [2.05, 4.69) is 61.6 Å². The van der Waals surface area contributed by atoms with Crippen molar-refractivity contribution in [2.75, 3.05) is 43.4 Å². The third-order valence-corrected chi connectivity index (χ3v) is 12.7. The lowest BCUT2D eigenvalue weighted by Gasteiger charge is -2.36. The number of benzene rings is 2. The second-order valence-electron chi connectivity index (χ2n) is 17.3. The van der Waals surface area contributed by atoms with Crippen LogP contribution >= 0.6 is 11.3 Å². The second kappa shape index (κ2) is 19.9. The maximum Gasteiger partial charge on any atom is 0.246 e. The van der Waals surface area contributed by atoms with E-state index < -0.39 is 23.6 Å². The Morgan fingerprint density at radius 1 is 0.967 bits per heavy atom. The zero-order valence-electron chi connectivity index (χ0n) is 36.1. The number of piperazine rings is 1. The molecule has 4 heterocycles. The van der Waals surface area contributed by atoms with Crippen LogP contribution in [0.1, 0.15) is 89.9 Å². The summed E-state index contributed by atoms with van der Waals surface area (Å²) in [4.78, 5) is 51.7. The maximum atomic E-state index is 14.2. The lowest BCUT2D eigenvalue weighted by Crippen LogP contribution is -2.56. The van der Waals surface area contributed by atoms with Crippen LogP contribution in [0.3, 0.4) is 0 Å². The van der Waals surface area contributed by atoms with E-state index in [1.165, 1.54) is 0 Å². The van der Waals surface area contributed by atoms with E-state index in [1.807, 2.05) is 57.2 Å². The number of aryl methyl sites for hydroxylation is 1. The van der Waals surface area contributed by atoms with Gasteiger partial charge in [-0.15, -0.1) is 21.5 Å². The Hall–Kier alpha value is -5.54. The number of β-amino-alcohol motifs (C(OH)–C–C–N with tert-alkyl or cyclic N) is 1. The molecule has 2 aliphatic heterocycles. The Balaban J connectivity index is 0.922. The number of carbonyl (C=O) groups is 3. The van der Waals surface area contributed by atoms with Gasteiger partial charge in [0.15, 0.2) is 5.82 Å². The highest BCUT2D eigenvalue weighted by molar-refractivity contribution is 7.13. The highest BCUT2D eigenvalue weighted by atomic mass is 32.1. The molecule has 2 aliphatic rings. The third-order valence-electron chi connectivity index (χ3n) is 11.7. The Kier molecular flexibility index (Phi) is 14.7. The summed E-state index contributed by atoms with van der Waals surface area (Å²) in [7, 11) is 0. The number of aromatic hydroxyl groups is 1. The number of carbonyl (C=O) groups excluding carboxylic acids is 3. The summed E-state index contributed by atoms with van der Waals surface area (Å²) in [5.74, 6) is 0.0890. The van der Waals surface area contributed by atoms with Gasteiger partial charge < -0.3 is 41.3 Å². The molecule has 0 unspecified atom stereocenters. The molecule has 0 radical (unpaired) electrons. The van der Waals surface area contributed by atoms with Gasteiger partial charge in [0.1, 0.15) is 11.8 Å². The van der Waals surface area contributed by atoms with Gasteiger partial charge in [0, 0.05) is 69.3 Å². The number of phenolic OH excluding ortho intramolecular Hbond substituents is 1. The number of unbranched alkanes of at least 4 members (excludes halogenated alkanes) is 3. The molecular weight excluding hydrogens is 791 g/mol. The first-order valence-electron chi connectivity index (χ1n) is 21.3. The van der Waals surface area contributed by atoms with Gasteiger partial charge in [0.05, 0.1) is 39.6 Å². The number of nitrogen functional groups attached to an aromatic ring is 1. The highest BCUT2D eigenvalue weighted by Crippen LogP contribution is 2.33. The number of para-hydroxylation sites is 1. The van der Waals surface area contributed by atoms with Gasteiger partial charge in [0.25, 0.3) is 0 Å². The van der Waals surface area contributed by atoms with Crippen molar-refractivity contribution in [3.05, 3.63) is 83.6 Å². The predicted octanol–water partition coefficient (Wildman–Crippen LogP) is 6.21. The van der Waals surface area contributed by atoms with Gasteiger partial charge in [-0.1, -0.05) is 76.6 Å². The number of nitrogens with two attached hydrogens (primary N) is 1. The van der Waals surface area contributed by atoms with Gasteiger partial charge in [-0.05, 0) is 61.4 Å². The molecule has 2 saturated heterocycles. The molecule has 3 amide bonds. The minimum Gasteiger partial charge on any atom is -0.507 e. The van der Waals surface area contributed by atoms with E-state index in [-0.39, 0.29) is 42.5 Å². The highest BCUT2D eigenvalue weighted by Gasteiger charge is 2.43. The van der Waals surface area contributed by atoms with Crippen molar-refractivity contribution in [1.82, 2.24) is 35.6 Å². The molecule has 0 bridgehead atoms. The number of amides is 3. The Labute approximate surface area is 363 Å². The molecule has 0 spiro atoms. The SMILES string of the molecule is C=C(N[C@@H](C)c1ccc(-c2scnc2C)cc1)[C@@H]1C[C@H](O)CN1C(=O)[C@@H](NC(=O)CCCCCCC(=O)N1CCN(c2cc(-c3ccccc3O)nnc2N)CC1)C(C)(C)C. The van der Waals surface area contributed by atoms with Gasteiger partial charge in [0.2, 0.25) is 17.7 Å². The summed E-state index contributed by atoms with van der Waals surface area (Å²) in [6.45, 7) is 16.6. The van der Waals surface area contributed by atoms with Crippen LogP contribution < -0.4 is 21.3 Å². The smallest absolute Gasteiger partial charge is 0.246 e. The van der Waals surface area contributed by atoms with Crippen molar-refractivity contribution in [3.63, 3.8) is 0 Å². The quantitative estimate of drug-likeness (QED) is 0.0807. The normalized spacial score (nSPS) is 17.8. The third kappa shape index (κ3) is 11.2. The fourth-order valence-electron chi connectivity index (χ4n) is 8.13. The topological polar surface area (TPSA) is 190 Å². The van der Waals surface area contributed by atoms with Crippen molar-refractivity contribution in [2.45, 2.75) is 104 Å². The monoisotopic (exact) mass is 851 g/mol. The number of rotatable bonds is 16. The van der Waals surface area contributed by atoms with Crippen LogP contribution in [0.15, 0.2) is 72.4 Å². The minimum atomic E-state index is -0.788. The molecule has 0 aliphatic carbocycles. The van der Waals surface area contributed by atoms with Crippen molar-refractivity contribution >= 4 is 40.6 Å². The molecule has 2 aromatic heterocycles. The molecule has 4 atom stereocenters. The van der Waals surface area contributed by atoms with E-state index in [4.69, 9.17) is 5.73 Å². The lowest BCUT2D eigenvalue weighted by atomic mass is 9.85. The van der Waals surface area contributed by atoms with Crippen molar-refractivity contribution in [3.8, 4) is 27.4 Å². The number of aliphatic hydroxyl groups is 1. The number of nitrogens with one attached hydrogen (secondary N) is 2. The summed E-state index contributed by atoms with van der Waals surface area (Å²) in [5.41, 5.74) is 13.1. The molecule has 2 fully saturated rings. The Morgan fingerprint density at radius 3 is 2.31 bits per heavy atom. The van der Waals surface area contributed by atoms with Crippen LogP contribution in [0.4, 0.5) is 11.5 Å².